The first-order valence-electron chi connectivity index (χ1n) is 5.78. The molecule has 0 saturated heterocycles. The van der Waals surface area contributed by atoms with Crippen molar-refractivity contribution in [3.63, 3.8) is 0 Å². The highest BCUT2D eigenvalue weighted by Crippen LogP contribution is 2.21. The molecule has 1 atom stereocenters. The van der Waals surface area contributed by atoms with E-state index in [0.717, 1.165) is 5.56 Å². The standard InChI is InChI=1S/C14H15FN2O/c1-10(11-5-7-16-8-6-11)17-9-12-3-2-4-13(15)14(12)18/h2-8,10,17-18H,9H2,1H3/t10-/m1/s1. The van der Waals surface area contributed by atoms with Gasteiger partial charge in [0.25, 0.3) is 0 Å². The molecule has 0 aliphatic rings. The normalized spacial score (nSPS) is 12.3. The van der Waals surface area contributed by atoms with E-state index in [2.05, 4.69) is 10.3 Å². The van der Waals surface area contributed by atoms with Crippen LogP contribution in [0.1, 0.15) is 24.1 Å². The second-order valence-electron chi connectivity index (χ2n) is 4.13. The summed E-state index contributed by atoms with van der Waals surface area (Å²) in [6.45, 7) is 2.42. The van der Waals surface area contributed by atoms with Crippen LogP contribution in [0.3, 0.4) is 0 Å². The summed E-state index contributed by atoms with van der Waals surface area (Å²) in [4.78, 5) is 3.95. The quantitative estimate of drug-likeness (QED) is 0.872. The lowest BCUT2D eigenvalue weighted by Crippen LogP contribution is -2.18. The van der Waals surface area contributed by atoms with E-state index in [1.807, 2.05) is 19.1 Å². The molecule has 0 unspecified atom stereocenters. The Morgan fingerprint density at radius 2 is 2.00 bits per heavy atom. The third-order valence-electron chi connectivity index (χ3n) is 2.88. The van der Waals surface area contributed by atoms with Crippen LogP contribution < -0.4 is 5.32 Å². The number of benzene rings is 1. The Balaban J connectivity index is 2.02. The Morgan fingerprint density at radius 3 is 2.72 bits per heavy atom. The van der Waals surface area contributed by atoms with Crippen molar-refractivity contribution in [3.8, 4) is 5.75 Å². The van der Waals surface area contributed by atoms with Crippen molar-refractivity contribution in [2.24, 2.45) is 0 Å². The van der Waals surface area contributed by atoms with Crippen LogP contribution >= 0.6 is 0 Å². The number of aromatic hydroxyl groups is 1. The third kappa shape index (κ3) is 2.84. The second-order valence-corrected chi connectivity index (χ2v) is 4.13. The molecule has 4 heteroatoms. The first kappa shape index (κ1) is 12.5. The third-order valence-corrected chi connectivity index (χ3v) is 2.88. The van der Waals surface area contributed by atoms with Crippen LogP contribution in [0, 0.1) is 5.82 Å². The summed E-state index contributed by atoms with van der Waals surface area (Å²) in [7, 11) is 0. The molecule has 2 aromatic rings. The molecule has 18 heavy (non-hydrogen) atoms. The molecule has 1 aromatic heterocycles. The first-order valence-corrected chi connectivity index (χ1v) is 5.78. The number of aromatic nitrogens is 1. The summed E-state index contributed by atoms with van der Waals surface area (Å²) in [6, 6.07) is 8.47. The van der Waals surface area contributed by atoms with Crippen LogP contribution in [0.25, 0.3) is 0 Å². The van der Waals surface area contributed by atoms with Gasteiger partial charge < -0.3 is 10.4 Å². The molecule has 94 valence electrons. The van der Waals surface area contributed by atoms with Gasteiger partial charge in [-0.3, -0.25) is 4.98 Å². The van der Waals surface area contributed by atoms with E-state index in [-0.39, 0.29) is 11.8 Å². The molecule has 0 fully saturated rings. The lowest BCUT2D eigenvalue weighted by molar-refractivity contribution is 0.421. The zero-order chi connectivity index (χ0) is 13.0. The lowest BCUT2D eigenvalue weighted by Gasteiger charge is -2.14. The van der Waals surface area contributed by atoms with Crippen LogP contribution in [-0.4, -0.2) is 10.1 Å². The van der Waals surface area contributed by atoms with Crippen molar-refractivity contribution in [1.82, 2.24) is 10.3 Å². The number of hydrogen-bond acceptors (Lipinski definition) is 3. The van der Waals surface area contributed by atoms with Crippen LogP contribution in [0.4, 0.5) is 4.39 Å². The average Bonchev–Trinajstić information content (AvgIpc) is 2.41. The molecule has 0 amide bonds. The highest BCUT2D eigenvalue weighted by atomic mass is 19.1. The van der Waals surface area contributed by atoms with Gasteiger partial charge in [-0.15, -0.1) is 0 Å². The number of nitrogens with zero attached hydrogens (tertiary/aromatic N) is 1. The Labute approximate surface area is 105 Å². The van der Waals surface area contributed by atoms with Gasteiger partial charge in [-0.05, 0) is 30.7 Å². The largest absolute Gasteiger partial charge is 0.505 e. The SMILES string of the molecule is C[C@@H](NCc1cccc(F)c1O)c1ccncc1. The molecule has 2 N–H and O–H groups in total. The van der Waals surface area contributed by atoms with Gasteiger partial charge in [-0.2, -0.15) is 0 Å². The summed E-state index contributed by atoms with van der Waals surface area (Å²) in [6.07, 6.45) is 3.46. The lowest BCUT2D eigenvalue weighted by atomic mass is 10.1. The van der Waals surface area contributed by atoms with Crippen molar-refractivity contribution in [2.45, 2.75) is 19.5 Å². The van der Waals surface area contributed by atoms with E-state index in [1.165, 1.54) is 6.07 Å². The number of rotatable bonds is 4. The van der Waals surface area contributed by atoms with Crippen molar-refractivity contribution < 1.29 is 9.50 Å². The monoisotopic (exact) mass is 246 g/mol. The summed E-state index contributed by atoms with van der Waals surface area (Å²) in [5.41, 5.74) is 1.65. The fourth-order valence-corrected chi connectivity index (χ4v) is 1.74. The number of hydrogen-bond donors (Lipinski definition) is 2. The van der Waals surface area contributed by atoms with Crippen LogP contribution in [-0.2, 0) is 6.54 Å². The summed E-state index contributed by atoms with van der Waals surface area (Å²) in [5.74, 6) is -0.877. The molecule has 0 aliphatic carbocycles. The minimum absolute atomic E-state index is 0.107. The fourth-order valence-electron chi connectivity index (χ4n) is 1.74. The average molecular weight is 246 g/mol. The molecule has 1 heterocycles. The van der Waals surface area contributed by atoms with Gasteiger partial charge in [-0.1, -0.05) is 12.1 Å². The zero-order valence-electron chi connectivity index (χ0n) is 10.1. The number of phenolic OH excluding ortho intramolecular Hbond substituents is 1. The maximum atomic E-state index is 13.1. The van der Waals surface area contributed by atoms with Gasteiger partial charge in [0, 0.05) is 30.5 Å². The Hall–Kier alpha value is -1.94. The molecule has 0 radical (unpaired) electrons. The van der Waals surface area contributed by atoms with Gasteiger partial charge in [0.2, 0.25) is 0 Å². The number of para-hydroxylation sites is 1. The van der Waals surface area contributed by atoms with Gasteiger partial charge in [0.1, 0.15) is 0 Å². The van der Waals surface area contributed by atoms with Gasteiger partial charge >= 0.3 is 0 Å². The molecular weight excluding hydrogens is 231 g/mol. The number of halogens is 1. The topological polar surface area (TPSA) is 45.1 Å². The Kier molecular flexibility index (Phi) is 3.89. The van der Waals surface area contributed by atoms with Crippen molar-refractivity contribution >= 4 is 0 Å². The van der Waals surface area contributed by atoms with Gasteiger partial charge in [0.15, 0.2) is 11.6 Å². The van der Waals surface area contributed by atoms with E-state index in [1.54, 1.807) is 24.5 Å². The predicted octanol–water partition coefficient (Wildman–Crippen LogP) is 2.78. The molecule has 0 bridgehead atoms. The van der Waals surface area contributed by atoms with E-state index >= 15 is 0 Å². The molecule has 2 rings (SSSR count). The van der Waals surface area contributed by atoms with E-state index in [9.17, 15) is 9.50 Å². The fraction of sp³-hybridized carbons (Fsp3) is 0.214. The Bertz CT molecular complexity index is 516. The van der Waals surface area contributed by atoms with Crippen molar-refractivity contribution in [3.05, 3.63) is 59.7 Å². The predicted molar refractivity (Wildman–Crippen MR) is 67.6 cm³/mol. The zero-order valence-corrected chi connectivity index (χ0v) is 10.1. The maximum Gasteiger partial charge on any atom is 0.165 e. The molecule has 3 nitrogen and oxygen atoms in total. The highest BCUT2D eigenvalue weighted by Gasteiger charge is 2.08. The highest BCUT2D eigenvalue weighted by molar-refractivity contribution is 5.33. The number of pyridine rings is 1. The van der Waals surface area contributed by atoms with E-state index in [0.29, 0.717) is 12.1 Å². The summed E-state index contributed by atoms with van der Waals surface area (Å²) in [5, 5.41) is 12.8. The minimum Gasteiger partial charge on any atom is -0.505 e. The number of nitrogens with one attached hydrogen (secondary N) is 1. The van der Waals surface area contributed by atoms with Crippen LogP contribution in [0.5, 0.6) is 5.75 Å². The molecular formula is C14H15FN2O. The van der Waals surface area contributed by atoms with Gasteiger partial charge in [0.05, 0.1) is 0 Å². The van der Waals surface area contributed by atoms with Crippen molar-refractivity contribution in [1.29, 1.82) is 0 Å². The van der Waals surface area contributed by atoms with Gasteiger partial charge in [-0.25, -0.2) is 4.39 Å². The van der Waals surface area contributed by atoms with Crippen LogP contribution in [0.2, 0.25) is 0 Å². The van der Waals surface area contributed by atoms with E-state index < -0.39 is 5.82 Å². The smallest absolute Gasteiger partial charge is 0.165 e. The van der Waals surface area contributed by atoms with E-state index in [4.69, 9.17) is 0 Å². The molecule has 1 aromatic carbocycles. The minimum atomic E-state index is -0.592. The Morgan fingerprint density at radius 1 is 1.28 bits per heavy atom. The molecule has 0 saturated carbocycles. The summed E-state index contributed by atoms with van der Waals surface area (Å²) >= 11 is 0. The first-order chi connectivity index (χ1) is 8.68. The molecule has 0 aliphatic heterocycles. The number of phenols is 1. The van der Waals surface area contributed by atoms with Crippen molar-refractivity contribution in [2.75, 3.05) is 0 Å². The maximum absolute atomic E-state index is 13.1. The second kappa shape index (κ2) is 5.60. The van der Waals surface area contributed by atoms with Crippen LogP contribution in [0.15, 0.2) is 42.7 Å². The molecule has 0 spiro atoms. The summed E-state index contributed by atoms with van der Waals surface area (Å²) < 4.78 is 13.1.